The summed E-state index contributed by atoms with van der Waals surface area (Å²) in [4.78, 5) is 10.9. The summed E-state index contributed by atoms with van der Waals surface area (Å²) in [7, 11) is 0. The lowest BCUT2D eigenvalue weighted by Gasteiger charge is -2.10. The molecule has 0 fully saturated rings. The van der Waals surface area contributed by atoms with E-state index in [2.05, 4.69) is 31.9 Å². The summed E-state index contributed by atoms with van der Waals surface area (Å²) in [6.07, 6.45) is 0. The van der Waals surface area contributed by atoms with Crippen LogP contribution in [0.1, 0.15) is 18.1 Å². The van der Waals surface area contributed by atoms with Crippen LogP contribution in [0.4, 0.5) is 0 Å². The predicted octanol–water partition coefficient (Wildman–Crippen LogP) is 3.40. The summed E-state index contributed by atoms with van der Waals surface area (Å²) in [6.45, 7) is 1.41. The number of para-hydroxylation sites is 1. The molecule has 76 valence electrons. The molecular formula is C10H10Br2O2. The first-order valence-corrected chi connectivity index (χ1v) is 6.34. The van der Waals surface area contributed by atoms with Gasteiger partial charge in [-0.25, -0.2) is 0 Å². The van der Waals surface area contributed by atoms with E-state index in [4.69, 9.17) is 4.74 Å². The molecule has 0 saturated heterocycles. The molecule has 14 heavy (non-hydrogen) atoms. The second kappa shape index (κ2) is 5.51. The van der Waals surface area contributed by atoms with Crippen molar-refractivity contribution < 1.29 is 9.53 Å². The highest BCUT2D eigenvalue weighted by molar-refractivity contribution is 9.08. The van der Waals surface area contributed by atoms with Crippen molar-refractivity contribution in [2.45, 2.75) is 17.6 Å². The molecule has 0 amide bonds. The van der Waals surface area contributed by atoms with E-state index in [1.807, 2.05) is 18.2 Å². The smallest absolute Gasteiger partial charge is 0.308 e. The molecule has 0 aliphatic heterocycles. The van der Waals surface area contributed by atoms with Crippen LogP contribution in [0.2, 0.25) is 0 Å². The highest BCUT2D eigenvalue weighted by atomic mass is 79.9. The van der Waals surface area contributed by atoms with Crippen LogP contribution >= 0.6 is 31.9 Å². The number of benzene rings is 1. The van der Waals surface area contributed by atoms with Crippen molar-refractivity contribution in [1.82, 2.24) is 0 Å². The van der Waals surface area contributed by atoms with Gasteiger partial charge in [-0.2, -0.15) is 0 Å². The lowest BCUT2D eigenvalue weighted by molar-refractivity contribution is -0.131. The number of esters is 1. The highest BCUT2D eigenvalue weighted by Crippen LogP contribution is 2.27. The topological polar surface area (TPSA) is 26.3 Å². The SMILES string of the molecule is CC(=O)Oc1c(CBr)cccc1CBr. The first-order chi connectivity index (χ1) is 6.69. The normalized spacial score (nSPS) is 9.93. The lowest BCUT2D eigenvalue weighted by Crippen LogP contribution is -2.05. The molecule has 0 radical (unpaired) electrons. The molecule has 1 aromatic carbocycles. The fourth-order valence-corrected chi connectivity index (χ4v) is 2.01. The number of alkyl halides is 2. The molecule has 0 aliphatic rings. The summed E-state index contributed by atoms with van der Waals surface area (Å²) in [5.41, 5.74) is 1.97. The van der Waals surface area contributed by atoms with Gasteiger partial charge >= 0.3 is 5.97 Å². The predicted molar refractivity (Wildman–Crippen MR) is 63.0 cm³/mol. The minimum atomic E-state index is -0.291. The number of hydrogen-bond donors (Lipinski definition) is 0. The lowest BCUT2D eigenvalue weighted by atomic mass is 10.1. The van der Waals surface area contributed by atoms with E-state index in [0.717, 1.165) is 11.1 Å². The van der Waals surface area contributed by atoms with Crippen molar-refractivity contribution in [3.8, 4) is 5.75 Å². The Morgan fingerprint density at radius 1 is 1.29 bits per heavy atom. The van der Waals surface area contributed by atoms with E-state index in [-0.39, 0.29) is 5.97 Å². The molecule has 0 spiro atoms. The summed E-state index contributed by atoms with van der Waals surface area (Å²) in [5, 5.41) is 1.35. The molecule has 0 atom stereocenters. The van der Waals surface area contributed by atoms with Gasteiger partial charge in [0.15, 0.2) is 0 Å². The molecule has 0 aromatic heterocycles. The Morgan fingerprint density at radius 2 is 1.79 bits per heavy atom. The largest absolute Gasteiger partial charge is 0.426 e. The maximum Gasteiger partial charge on any atom is 0.308 e. The summed E-state index contributed by atoms with van der Waals surface area (Å²) in [6, 6.07) is 5.80. The summed E-state index contributed by atoms with van der Waals surface area (Å²) >= 11 is 6.71. The van der Waals surface area contributed by atoms with Gasteiger partial charge < -0.3 is 4.74 Å². The van der Waals surface area contributed by atoms with Gasteiger partial charge in [-0.05, 0) is 0 Å². The standard InChI is InChI=1S/C10H10Br2O2/c1-7(13)14-10-8(5-11)3-2-4-9(10)6-12/h2-4H,5-6H2,1H3. The van der Waals surface area contributed by atoms with Crippen molar-refractivity contribution in [1.29, 1.82) is 0 Å². The van der Waals surface area contributed by atoms with Gasteiger partial charge in [-0.1, -0.05) is 50.1 Å². The molecule has 0 heterocycles. The number of ether oxygens (including phenoxy) is 1. The monoisotopic (exact) mass is 320 g/mol. The minimum Gasteiger partial charge on any atom is -0.426 e. The third kappa shape index (κ3) is 2.82. The molecule has 0 N–H and O–H groups in total. The minimum absolute atomic E-state index is 0.291. The molecule has 0 saturated carbocycles. The zero-order valence-electron chi connectivity index (χ0n) is 7.72. The van der Waals surface area contributed by atoms with Crippen LogP contribution in [0.3, 0.4) is 0 Å². The molecule has 0 aliphatic carbocycles. The Kier molecular flexibility index (Phi) is 4.62. The maximum absolute atomic E-state index is 10.9. The van der Waals surface area contributed by atoms with Crippen LogP contribution in [0, 0.1) is 0 Å². The fourth-order valence-electron chi connectivity index (χ4n) is 1.12. The third-order valence-electron chi connectivity index (χ3n) is 1.71. The van der Waals surface area contributed by atoms with Gasteiger partial charge in [0.25, 0.3) is 0 Å². The fraction of sp³-hybridized carbons (Fsp3) is 0.300. The molecular weight excluding hydrogens is 312 g/mol. The second-order valence-corrected chi connectivity index (χ2v) is 3.89. The Morgan fingerprint density at radius 3 is 2.14 bits per heavy atom. The van der Waals surface area contributed by atoms with Gasteiger partial charge in [0.2, 0.25) is 0 Å². The first-order valence-electron chi connectivity index (χ1n) is 4.10. The quantitative estimate of drug-likeness (QED) is 0.484. The summed E-state index contributed by atoms with van der Waals surface area (Å²) in [5.74, 6) is 0.370. The van der Waals surface area contributed by atoms with E-state index < -0.39 is 0 Å². The first kappa shape index (κ1) is 11.7. The van der Waals surface area contributed by atoms with Crippen molar-refractivity contribution in [2.24, 2.45) is 0 Å². The van der Waals surface area contributed by atoms with Crippen LogP contribution < -0.4 is 4.74 Å². The van der Waals surface area contributed by atoms with E-state index in [9.17, 15) is 4.79 Å². The van der Waals surface area contributed by atoms with Gasteiger partial charge in [-0.15, -0.1) is 0 Å². The van der Waals surface area contributed by atoms with Gasteiger partial charge in [-0.3, -0.25) is 4.79 Å². The molecule has 1 aromatic rings. The van der Waals surface area contributed by atoms with E-state index >= 15 is 0 Å². The Hall–Kier alpha value is -0.350. The second-order valence-electron chi connectivity index (χ2n) is 2.77. The van der Waals surface area contributed by atoms with Gasteiger partial charge in [0.05, 0.1) is 0 Å². The zero-order chi connectivity index (χ0) is 10.6. The number of hydrogen-bond acceptors (Lipinski definition) is 2. The van der Waals surface area contributed by atoms with E-state index in [0.29, 0.717) is 16.4 Å². The molecule has 1 rings (SSSR count). The van der Waals surface area contributed by atoms with Crippen LogP contribution in [0.15, 0.2) is 18.2 Å². The average Bonchev–Trinajstić information content (AvgIpc) is 2.17. The molecule has 0 bridgehead atoms. The summed E-state index contributed by atoms with van der Waals surface area (Å²) < 4.78 is 5.16. The van der Waals surface area contributed by atoms with Gasteiger partial charge in [0.1, 0.15) is 5.75 Å². The van der Waals surface area contributed by atoms with E-state index in [1.54, 1.807) is 0 Å². The maximum atomic E-state index is 10.9. The van der Waals surface area contributed by atoms with Crippen LogP contribution in [-0.4, -0.2) is 5.97 Å². The molecule has 0 unspecified atom stereocenters. The van der Waals surface area contributed by atoms with Gasteiger partial charge in [0, 0.05) is 28.7 Å². The molecule has 2 nitrogen and oxygen atoms in total. The number of carbonyl (C=O) groups is 1. The van der Waals surface area contributed by atoms with Crippen LogP contribution in [-0.2, 0) is 15.5 Å². The Labute approximate surface area is 99.9 Å². The van der Waals surface area contributed by atoms with Crippen molar-refractivity contribution in [3.05, 3.63) is 29.3 Å². The zero-order valence-corrected chi connectivity index (χ0v) is 10.9. The number of rotatable bonds is 3. The van der Waals surface area contributed by atoms with Crippen LogP contribution in [0.5, 0.6) is 5.75 Å². The Bertz CT molecular complexity index is 315. The molecule has 4 heteroatoms. The highest BCUT2D eigenvalue weighted by Gasteiger charge is 2.09. The number of carbonyl (C=O) groups excluding carboxylic acids is 1. The third-order valence-corrected chi connectivity index (χ3v) is 2.92. The van der Waals surface area contributed by atoms with Crippen molar-refractivity contribution in [2.75, 3.05) is 0 Å². The van der Waals surface area contributed by atoms with Crippen molar-refractivity contribution >= 4 is 37.8 Å². The van der Waals surface area contributed by atoms with Crippen molar-refractivity contribution in [3.63, 3.8) is 0 Å². The van der Waals surface area contributed by atoms with E-state index in [1.165, 1.54) is 6.92 Å². The van der Waals surface area contributed by atoms with Crippen LogP contribution in [0.25, 0.3) is 0 Å². The Balaban J connectivity index is 3.12. The number of halogens is 2. The average molecular weight is 322 g/mol.